The van der Waals surface area contributed by atoms with E-state index < -0.39 is 6.04 Å². The third kappa shape index (κ3) is 14.0. The van der Waals surface area contributed by atoms with E-state index in [1.807, 2.05) is 49.9 Å². The Hall–Kier alpha value is -2.68. The van der Waals surface area contributed by atoms with E-state index >= 15 is 0 Å². The maximum Gasteiger partial charge on any atom is 0.222 e. The zero-order chi connectivity index (χ0) is 33.7. The van der Waals surface area contributed by atoms with E-state index in [9.17, 15) is 4.79 Å². The van der Waals surface area contributed by atoms with Gasteiger partial charge in [-0.1, -0.05) is 76.3 Å². The molecule has 9 heteroatoms. The molecular weight excluding hydrogens is 571 g/mol. The minimum absolute atomic E-state index is 0.122. The molecule has 2 radical (unpaired) electrons. The molecule has 0 saturated heterocycles. The van der Waals surface area contributed by atoms with Gasteiger partial charge in [-0.25, -0.2) is 0 Å². The van der Waals surface area contributed by atoms with Gasteiger partial charge in [0.15, 0.2) is 0 Å². The van der Waals surface area contributed by atoms with Crippen molar-refractivity contribution >= 4 is 36.9 Å². The lowest BCUT2D eigenvalue weighted by molar-refractivity contribution is -0.121. The largest absolute Gasteiger partial charge is 0.379 e. The second kappa shape index (κ2) is 23.7. The summed E-state index contributed by atoms with van der Waals surface area (Å²) in [6, 6.07) is 7.13. The molecule has 1 amide bonds. The Kier molecular flexibility index (Phi) is 22.2. The summed E-state index contributed by atoms with van der Waals surface area (Å²) in [4.78, 5) is 24.8. The highest BCUT2D eigenvalue weighted by atomic mass is 35.5. The molecule has 1 aromatic carbocycles. The number of nitrogens with zero attached hydrogens (tertiary/aromatic N) is 3. The van der Waals surface area contributed by atoms with Crippen molar-refractivity contribution in [1.82, 2.24) is 10.2 Å². The number of amides is 1. The van der Waals surface area contributed by atoms with E-state index in [4.69, 9.17) is 33.9 Å². The standard InChI is InChI=1S/C30H43ClN4O3.C3H7B.C2H6/c1-9-15-37-17-18-38-16-14-33-27(36)19-26-30(32-8)35(21(4)5)23(7)28(22(6)20(2)3)29(34-26)24-10-12-25(31)13-11-24;1-2-3-4;1-2/h10-13,26H,4,9,14-19H2,1-3,5-8H3,(H,33,36);2-3H2,1H3;1-2H3/t26-;;/m0../s1. The number of hydrogen-bond donors (Lipinski definition) is 1. The van der Waals surface area contributed by atoms with Crippen LogP contribution >= 0.6 is 11.6 Å². The number of ether oxygens (including phenoxy) is 2. The first kappa shape index (κ1) is 41.3. The van der Waals surface area contributed by atoms with Gasteiger partial charge in [-0.3, -0.25) is 14.8 Å². The highest BCUT2D eigenvalue weighted by molar-refractivity contribution is 6.30. The fourth-order valence-corrected chi connectivity index (χ4v) is 4.38. The first-order valence-corrected chi connectivity index (χ1v) is 16.2. The summed E-state index contributed by atoms with van der Waals surface area (Å²) in [5, 5.41) is 3.61. The Bertz CT molecular complexity index is 1140. The summed E-state index contributed by atoms with van der Waals surface area (Å²) < 4.78 is 11.0. The van der Waals surface area contributed by atoms with Crippen LogP contribution in [0, 0.1) is 0 Å². The number of aliphatic imine (C=N–C) groups is 2. The molecule has 44 heavy (non-hydrogen) atoms. The van der Waals surface area contributed by atoms with Crippen LogP contribution in [0.5, 0.6) is 0 Å². The van der Waals surface area contributed by atoms with Gasteiger partial charge in [-0.15, -0.1) is 0 Å². The fraction of sp³-hybridized carbons (Fsp3) is 0.571. The molecule has 1 atom stereocenters. The minimum atomic E-state index is -0.511. The van der Waals surface area contributed by atoms with Gasteiger partial charge in [0, 0.05) is 47.8 Å². The molecule has 1 heterocycles. The van der Waals surface area contributed by atoms with E-state index in [2.05, 4.69) is 58.4 Å². The smallest absolute Gasteiger partial charge is 0.222 e. The number of nitrogens with one attached hydrogen (secondary N) is 1. The highest BCUT2D eigenvalue weighted by Crippen LogP contribution is 2.32. The summed E-state index contributed by atoms with van der Waals surface area (Å²) in [6.45, 7) is 25.2. The maximum absolute atomic E-state index is 13.0. The second-order valence-electron chi connectivity index (χ2n) is 10.3. The SMILES string of the molecule is C=C(C)N1C(=NC)[C@H](CC(=O)NCCOCCOCCC)N=C(c2ccc(Cl)cc2)C(C(C)=C(C)C)=C1C.CC.[B]CCC. The zero-order valence-corrected chi connectivity index (χ0v) is 29.7. The van der Waals surface area contributed by atoms with Gasteiger partial charge >= 0.3 is 0 Å². The molecular formula is C35H56BClN4O3. The predicted molar refractivity (Wildman–Crippen MR) is 190 cm³/mol. The van der Waals surface area contributed by atoms with E-state index in [1.165, 1.54) is 5.57 Å². The van der Waals surface area contributed by atoms with Crippen LogP contribution in [-0.4, -0.2) is 76.3 Å². The number of amidine groups is 1. The average molecular weight is 627 g/mol. The van der Waals surface area contributed by atoms with Crippen LogP contribution in [0.3, 0.4) is 0 Å². The lowest BCUT2D eigenvalue weighted by Gasteiger charge is -2.29. The topological polar surface area (TPSA) is 75.5 Å². The Morgan fingerprint density at radius 3 is 2.09 bits per heavy atom. The predicted octanol–water partition coefficient (Wildman–Crippen LogP) is 7.96. The van der Waals surface area contributed by atoms with Crippen LogP contribution in [0.15, 0.2) is 68.9 Å². The molecule has 1 aliphatic rings. The lowest BCUT2D eigenvalue weighted by Crippen LogP contribution is -2.39. The molecule has 0 saturated carbocycles. The van der Waals surface area contributed by atoms with Crippen molar-refractivity contribution in [2.45, 2.75) is 93.9 Å². The second-order valence-corrected chi connectivity index (χ2v) is 10.7. The van der Waals surface area contributed by atoms with Gasteiger partial charge in [0.2, 0.25) is 5.91 Å². The summed E-state index contributed by atoms with van der Waals surface area (Å²) >= 11 is 6.20. The van der Waals surface area contributed by atoms with Gasteiger partial charge in [-0.2, -0.15) is 0 Å². The van der Waals surface area contributed by atoms with Crippen LogP contribution in [0.4, 0.5) is 0 Å². The van der Waals surface area contributed by atoms with Gasteiger partial charge in [0.1, 0.15) is 11.9 Å². The number of carbonyl (C=O) groups is 1. The summed E-state index contributed by atoms with van der Waals surface area (Å²) in [5.74, 6) is 0.556. The molecule has 0 spiro atoms. The van der Waals surface area contributed by atoms with Crippen molar-refractivity contribution < 1.29 is 14.3 Å². The van der Waals surface area contributed by atoms with E-state index in [-0.39, 0.29) is 12.3 Å². The third-order valence-corrected chi connectivity index (χ3v) is 6.81. The van der Waals surface area contributed by atoms with Gasteiger partial charge in [0.25, 0.3) is 0 Å². The monoisotopic (exact) mass is 626 g/mol. The molecule has 7 nitrogen and oxygen atoms in total. The Labute approximate surface area is 274 Å². The van der Waals surface area contributed by atoms with E-state index in [0.29, 0.717) is 37.2 Å². The fourth-order valence-electron chi connectivity index (χ4n) is 4.25. The number of hydrogen-bond acceptors (Lipinski definition) is 5. The van der Waals surface area contributed by atoms with Crippen molar-refractivity contribution in [3.63, 3.8) is 0 Å². The van der Waals surface area contributed by atoms with Crippen molar-refractivity contribution in [2.24, 2.45) is 9.98 Å². The number of allylic oxidation sites excluding steroid dienone is 5. The molecule has 244 valence electrons. The van der Waals surface area contributed by atoms with Gasteiger partial charge in [0.05, 0.1) is 39.8 Å². The number of halogens is 1. The number of carbonyl (C=O) groups excluding carboxylic acids is 1. The van der Waals surface area contributed by atoms with Crippen LogP contribution in [0.25, 0.3) is 0 Å². The molecule has 0 aliphatic carbocycles. The third-order valence-electron chi connectivity index (χ3n) is 6.56. The summed E-state index contributed by atoms with van der Waals surface area (Å²) in [7, 11) is 6.76. The van der Waals surface area contributed by atoms with Crippen molar-refractivity contribution in [3.8, 4) is 0 Å². The van der Waals surface area contributed by atoms with E-state index in [0.717, 1.165) is 59.6 Å². The van der Waals surface area contributed by atoms with E-state index in [1.54, 1.807) is 7.05 Å². The van der Waals surface area contributed by atoms with Crippen molar-refractivity contribution in [1.29, 1.82) is 0 Å². The Morgan fingerprint density at radius 2 is 1.61 bits per heavy atom. The number of benzene rings is 1. The van der Waals surface area contributed by atoms with Crippen LogP contribution in [-0.2, 0) is 14.3 Å². The summed E-state index contributed by atoms with van der Waals surface area (Å²) in [5.41, 5.74) is 6.78. The Morgan fingerprint density at radius 1 is 1.05 bits per heavy atom. The first-order valence-electron chi connectivity index (χ1n) is 15.8. The molecule has 0 bridgehead atoms. The zero-order valence-electron chi connectivity index (χ0n) is 29.0. The van der Waals surface area contributed by atoms with Crippen LogP contribution in [0.1, 0.15) is 87.1 Å². The first-order chi connectivity index (χ1) is 21.0. The van der Waals surface area contributed by atoms with Crippen LogP contribution in [0.2, 0.25) is 11.3 Å². The highest BCUT2D eigenvalue weighted by Gasteiger charge is 2.32. The minimum Gasteiger partial charge on any atom is -0.379 e. The molecule has 1 aliphatic heterocycles. The lowest BCUT2D eigenvalue weighted by atomic mass is 9.92. The molecule has 1 aromatic rings. The molecule has 0 aromatic heterocycles. The molecule has 2 rings (SSSR count). The normalized spacial score (nSPS) is 15.3. The van der Waals surface area contributed by atoms with Gasteiger partial charge < -0.3 is 19.7 Å². The quantitative estimate of drug-likeness (QED) is 0.168. The molecule has 0 fully saturated rings. The Balaban J connectivity index is 0.00000284. The summed E-state index contributed by atoms with van der Waals surface area (Å²) in [6.07, 6.45) is 3.04. The van der Waals surface area contributed by atoms with Gasteiger partial charge in [-0.05, 0) is 58.7 Å². The number of rotatable bonds is 14. The van der Waals surface area contributed by atoms with Crippen molar-refractivity contribution in [2.75, 3.05) is 40.0 Å². The van der Waals surface area contributed by atoms with Crippen molar-refractivity contribution in [3.05, 3.63) is 69.5 Å². The average Bonchev–Trinajstić information content (AvgIpc) is 3.13. The maximum atomic E-state index is 13.0. The molecule has 1 N–H and O–H groups in total. The molecule has 0 unspecified atom stereocenters. The van der Waals surface area contributed by atoms with Crippen LogP contribution < -0.4 is 5.32 Å².